The highest BCUT2D eigenvalue weighted by molar-refractivity contribution is 7.99. The van der Waals surface area contributed by atoms with Crippen LogP contribution in [0.4, 0.5) is 4.79 Å². The van der Waals surface area contributed by atoms with Gasteiger partial charge in [-0.1, -0.05) is 11.8 Å². The van der Waals surface area contributed by atoms with Gasteiger partial charge in [0, 0.05) is 17.7 Å². The quantitative estimate of drug-likeness (QED) is 0.702. The van der Waals surface area contributed by atoms with Gasteiger partial charge in [0.2, 0.25) is 11.8 Å². The zero-order valence-electron chi connectivity index (χ0n) is 14.9. The van der Waals surface area contributed by atoms with E-state index in [1.807, 2.05) is 0 Å². The molecule has 0 fully saturated rings. The molecule has 3 amide bonds. The summed E-state index contributed by atoms with van der Waals surface area (Å²) in [6.45, 7) is 3.60. The van der Waals surface area contributed by atoms with Gasteiger partial charge >= 0.3 is 6.03 Å². The standard InChI is InChI=1S/C16H20N4O5S/c1-9(2)17-15(22)18-13(21)8-26-16-20-19-14(25-16)10-5-11(23-3)7-12(6-10)24-4/h5-7,9H,8H2,1-4H3,(H2,17,18,21,22). The number of nitrogens with zero attached hydrogens (tertiary/aromatic N) is 2. The van der Waals surface area contributed by atoms with Crippen molar-refractivity contribution in [2.45, 2.75) is 25.1 Å². The third-order valence-electron chi connectivity index (χ3n) is 3.00. The normalized spacial score (nSPS) is 10.5. The second-order valence-electron chi connectivity index (χ2n) is 5.44. The first kappa shape index (κ1) is 19.6. The molecule has 0 radical (unpaired) electrons. The molecule has 140 valence electrons. The van der Waals surface area contributed by atoms with Crippen LogP contribution in [0.5, 0.6) is 11.5 Å². The number of benzene rings is 1. The number of ether oxygens (including phenoxy) is 2. The van der Waals surface area contributed by atoms with Crippen LogP contribution in [0.1, 0.15) is 13.8 Å². The molecule has 0 aliphatic heterocycles. The number of hydrogen-bond donors (Lipinski definition) is 2. The highest BCUT2D eigenvalue weighted by Crippen LogP contribution is 2.30. The Labute approximate surface area is 154 Å². The second-order valence-corrected chi connectivity index (χ2v) is 6.37. The average Bonchev–Trinajstić information content (AvgIpc) is 3.07. The van der Waals surface area contributed by atoms with E-state index in [1.54, 1.807) is 46.3 Å². The Morgan fingerprint density at radius 1 is 1.15 bits per heavy atom. The number of urea groups is 1. The van der Waals surface area contributed by atoms with Gasteiger partial charge in [-0.2, -0.15) is 0 Å². The highest BCUT2D eigenvalue weighted by Gasteiger charge is 2.14. The van der Waals surface area contributed by atoms with Gasteiger partial charge in [0.15, 0.2) is 0 Å². The molecule has 10 heteroatoms. The van der Waals surface area contributed by atoms with E-state index < -0.39 is 11.9 Å². The first-order valence-electron chi connectivity index (χ1n) is 7.71. The largest absolute Gasteiger partial charge is 0.497 e. The minimum Gasteiger partial charge on any atom is -0.497 e. The van der Waals surface area contributed by atoms with Gasteiger partial charge in [-0.05, 0) is 26.0 Å². The first-order chi connectivity index (χ1) is 12.4. The lowest BCUT2D eigenvalue weighted by Crippen LogP contribution is -2.43. The Morgan fingerprint density at radius 2 is 1.81 bits per heavy atom. The predicted octanol–water partition coefficient (Wildman–Crippen LogP) is 2.08. The number of amides is 3. The summed E-state index contributed by atoms with van der Waals surface area (Å²) >= 11 is 1.03. The van der Waals surface area contributed by atoms with E-state index in [2.05, 4.69) is 20.8 Å². The molecule has 0 spiro atoms. The predicted molar refractivity (Wildman–Crippen MR) is 95.4 cm³/mol. The van der Waals surface area contributed by atoms with Crippen LogP contribution < -0.4 is 20.1 Å². The monoisotopic (exact) mass is 380 g/mol. The number of thioether (sulfide) groups is 1. The number of aromatic nitrogens is 2. The minimum absolute atomic E-state index is 0.0332. The van der Waals surface area contributed by atoms with Crippen molar-refractivity contribution in [1.29, 1.82) is 0 Å². The Balaban J connectivity index is 1.98. The number of imide groups is 1. The van der Waals surface area contributed by atoms with Gasteiger partial charge < -0.3 is 19.2 Å². The van der Waals surface area contributed by atoms with Crippen LogP contribution in [0.3, 0.4) is 0 Å². The van der Waals surface area contributed by atoms with Crippen molar-refractivity contribution in [2.75, 3.05) is 20.0 Å². The van der Waals surface area contributed by atoms with E-state index in [1.165, 1.54) is 0 Å². The summed E-state index contributed by atoms with van der Waals surface area (Å²) in [7, 11) is 3.09. The molecule has 1 heterocycles. The molecule has 0 saturated heterocycles. The number of carbonyl (C=O) groups excluding carboxylic acids is 2. The van der Waals surface area contributed by atoms with Crippen molar-refractivity contribution < 1.29 is 23.5 Å². The van der Waals surface area contributed by atoms with Gasteiger partial charge in [0.1, 0.15) is 11.5 Å². The molecule has 2 aromatic rings. The third kappa shape index (κ3) is 5.66. The highest BCUT2D eigenvalue weighted by atomic mass is 32.2. The average molecular weight is 380 g/mol. The summed E-state index contributed by atoms with van der Waals surface area (Å²) in [6, 6.07) is 4.58. The smallest absolute Gasteiger partial charge is 0.321 e. The van der Waals surface area contributed by atoms with Gasteiger partial charge in [-0.15, -0.1) is 10.2 Å². The van der Waals surface area contributed by atoms with E-state index in [9.17, 15) is 9.59 Å². The molecule has 0 aliphatic carbocycles. The van der Waals surface area contributed by atoms with Crippen LogP contribution >= 0.6 is 11.8 Å². The maximum atomic E-state index is 11.7. The molecule has 1 aromatic heterocycles. The molecule has 0 saturated carbocycles. The van der Waals surface area contributed by atoms with Crippen molar-refractivity contribution in [3.8, 4) is 23.0 Å². The number of hydrogen-bond acceptors (Lipinski definition) is 8. The first-order valence-corrected chi connectivity index (χ1v) is 8.70. The van der Waals surface area contributed by atoms with Crippen molar-refractivity contribution in [2.24, 2.45) is 0 Å². The molecule has 0 atom stereocenters. The maximum absolute atomic E-state index is 11.7. The summed E-state index contributed by atoms with van der Waals surface area (Å²) in [5.74, 6) is 0.942. The number of rotatable bonds is 7. The second kappa shape index (κ2) is 9.09. The lowest BCUT2D eigenvalue weighted by Gasteiger charge is -2.08. The summed E-state index contributed by atoms with van der Waals surface area (Å²) in [5.41, 5.74) is 0.626. The molecule has 1 aromatic carbocycles. The lowest BCUT2D eigenvalue weighted by atomic mass is 10.2. The Kier molecular flexibility index (Phi) is 6.84. The fourth-order valence-corrected chi connectivity index (χ4v) is 2.47. The van der Waals surface area contributed by atoms with E-state index in [0.29, 0.717) is 17.1 Å². The Morgan fingerprint density at radius 3 is 2.38 bits per heavy atom. The minimum atomic E-state index is -0.541. The van der Waals surface area contributed by atoms with Crippen molar-refractivity contribution in [1.82, 2.24) is 20.8 Å². The Hall–Kier alpha value is -2.75. The SMILES string of the molecule is COc1cc(OC)cc(-c2nnc(SCC(=O)NC(=O)NC(C)C)o2)c1. The summed E-state index contributed by atoms with van der Waals surface area (Å²) < 4.78 is 15.9. The van der Waals surface area contributed by atoms with Crippen LogP contribution in [-0.2, 0) is 4.79 Å². The summed E-state index contributed by atoms with van der Waals surface area (Å²) in [6.07, 6.45) is 0. The molecule has 2 N–H and O–H groups in total. The van der Waals surface area contributed by atoms with Crippen LogP contribution in [-0.4, -0.2) is 48.1 Å². The van der Waals surface area contributed by atoms with Gasteiger partial charge in [-0.3, -0.25) is 10.1 Å². The molecule has 0 unspecified atom stereocenters. The Bertz CT molecular complexity index is 756. The van der Waals surface area contributed by atoms with Crippen LogP contribution in [0.25, 0.3) is 11.5 Å². The molecular formula is C16H20N4O5S. The van der Waals surface area contributed by atoms with E-state index >= 15 is 0 Å². The molecule has 0 bridgehead atoms. The third-order valence-corrected chi connectivity index (χ3v) is 3.82. The van der Waals surface area contributed by atoms with Crippen molar-refractivity contribution >= 4 is 23.7 Å². The molecule has 2 rings (SSSR count). The van der Waals surface area contributed by atoms with E-state index in [-0.39, 0.29) is 22.9 Å². The van der Waals surface area contributed by atoms with Gasteiger partial charge in [0.25, 0.3) is 5.22 Å². The van der Waals surface area contributed by atoms with Gasteiger partial charge in [0.05, 0.1) is 20.0 Å². The van der Waals surface area contributed by atoms with Crippen LogP contribution in [0, 0.1) is 0 Å². The lowest BCUT2D eigenvalue weighted by molar-refractivity contribution is -0.117. The maximum Gasteiger partial charge on any atom is 0.321 e. The topological polar surface area (TPSA) is 116 Å². The van der Waals surface area contributed by atoms with Crippen molar-refractivity contribution in [3.63, 3.8) is 0 Å². The molecule has 26 heavy (non-hydrogen) atoms. The fourth-order valence-electron chi connectivity index (χ4n) is 1.90. The summed E-state index contributed by atoms with van der Waals surface area (Å²) in [4.78, 5) is 23.2. The van der Waals surface area contributed by atoms with Crippen LogP contribution in [0.15, 0.2) is 27.8 Å². The molecule has 9 nitrogen and oxygen atoms in total. The molecule has 0 aliphatic rings. The van der Waals surface area contributed by atoms with E-state index in [0.717, 1.165) is 11.8 Å². The number of methoxy groups -OCH3 is 2. The van der Waals surface area contributed by atoms with Gasteiger partial charge in [-0.25, -0.2) is 4.79 Å². The number of nitrogens with one attached hydrogen (secondary N) is 2. The van der Waals surface area contributed by atoms with Crippen molar-refractivity contribution in [3.05, 3.63) is 18.2 Å². The summed E-state index contributed by atoms with van der Waals surface area (Å²) in [5, 5.41) is 12.8. The van der Waals surface area contributed by atoms with E-state index in [4.69, 9.17) is 13.9 Å². The fraction of sp³-hybridized carbons (Fsp3) is 0.375. The number of carbonyl (C=O) groups is 2. The van der Waals surface area contributed by atoms with Crippen LogP contribution in [0.2, 0.25) is 0 Å². The zero-order chi connectivity index (χ0) is 19.1. The molecular weight excluding hydrogens is 360 g/mol. The zero-order valence-corrected chi connectivity index (χ0v) is 15.7.